The number of hydrogen-bond donors (Lipinski definition) is 1. The van der Waals surface area contributed by atoms with Crippen molar-refractivity contribution in [3.63, 3.8) is 0 Å². The second kappa shape index (κ2) is 6.52. The quantitative estimate of drug-likeness (QED) is 0.870. The number of nitrogens with one attached hydrogen (secondary N) is 1. The van der Waals surface area contributed by atoms with Crippen LogP contribution in [0.5, 0.6) is 0 Å². The summed E-state index contributed by atoms with van der Waals surface area (Å²) in [5.41, 5.74) is 0.876. The van der Waals surface area contributed by atoms with Crippen molar-refractivity contribution in [2.45, 2.75) is 25.3 Å². The van der Waals surface area contributed by atoms with E-state index in [-0.39, 0.29) is 11.8 Å². The highest BCUT2D eigenvalue weighted by Gasteiger charge is 2.17. The first-order valence-corrected chi connectivity index (χ1v) is 8.11. The lowest BCUT2D eigenvalue weighted by Gasteiger charge is -2.14. The average molecular weight is 304 g/mol. The fourth-order valence-corrected chi connectivity index (χ4v) is 3.47. The number of nitrogens with zero attached hydrogens (tertiary/aromatic N) is 3. The van der Waals surface area contributed by atoms with Gasteiger partial charge < -0.3 is 0 Å². The molecule has 0 spiro atoms. The first-order chi connectivity index (χ1) is 10.00. The highest BCUT2D eigenvalue weighted by molar-refractivity contribution is 7.88. The van der Waals surface area contributed by atoms with Gasteiger partial charge in [0.15, 0.2) is 0 Å². The molecule has 0 radical (unpaired) electrons. The molecular weight excluding hydrogens is 288 g/mol. The maximum Gasteiger partial charge on any atom is 0.216 e. The molecule has 21 heavy (non-hydrogen) atoms. The first-order valence-electron chi connectivity index (χ1n) is 6.45. The van der Waals surface area contributed by atoms with Crippen molar-refractivity contribution >= 4 is 10.0 Å². The predicted molar refractivity (Wildman–Crippen MR) is 78.6 cm³/mol. The molecule has 1 N–H and O–H groups in total. The number of hydrogen-bond acceptors (Lipinski definition) is 4. The molecule has 0 aliphatic carbocycles. The van der Waals surface area contributed by atoms with Crippen LogP contribution in [0.3, 0.4) is 0 Å². The molecule has 0 aliphatic heterocycles. The molecule has 1 aromatic carbocycles. The van der Waals surface area contributed by atoms with Crippen LogP contribution in [-0.4, -0.2) is 24.2 Å². The third-order valence-corrected chi connectivity index (χ3v) is 4.34. The number of benzene rings is 1. The standard InChI is InChI=1S/C14H16N4O2S/c1-12(10-18-8-4-7-16-18)17-21(19,20)11-14-6-3-2-5-13(14)9-15/h2-8,12,17H,10-11H2,1H3. The van der Waals surface area contributed by atoms with Gasteiger partial charge in [-0.05, 0) is 24.6 Å². The Morgan fingerprint density at radius 3 is 2.81 bits per heavy atom. The third-order valence-electron chi connectivity index (χ3n) is 2.88. The van der Waals surface area contributed by atoms with Gasteiger partial charge in [-0.1, -0.05) is 18.2 Å². The molecule has 1 unspecified atom stereocenters. The van der Waals surface area contributed by atoms with Gasteiger partial charge in [0.25, 0.3) is 0 Å². The van der Waals surface area contributed by atoms with E-state index >= 15 is 0 Å². The van der Waals surface area contributed by atoms with Gasteiger partial charge in [-0.25, -0.2) is 13.1 Å². The van der Waals surface area contributed by atoms with Crippen molar-refractivity contribution in [3.8, 4) is 6.07 Å². The van der Waals surface area contributed by atoms with E-state index in [1.807, 2.05) is 6.07 Å². The maximum atomic E-state index is 12.2. The molecule has 2 rings (SSSR count). The Morgan fingerprint density at radius 1 is 1.38 bits per heavy atom. The third kappa shape index (κ3) is 4.41. The van der Waals surface area contributed by atoms with Gasteiger partial charge in [0.2, 0.25) is 10.0 Å². The van der Waals surface area contributed by atoms with E-state index in [2.05, 4.69) is 9.82 Å². The number of nitriles is 1. The summed E-state index contributed by atoms with van der Waals surface area (Å²) < 4.78 is 28.6. The van der Waals surface area contributed by atoms with Gasteiger partial charge in [0, 0.05) is 18.4 Å². The molecule has 1 aromatic heterocycles. The van der Waals surface area contributed by atoms with Gasteiger partial charge in [-0.15, -0.1) is 0 Å². The van der Waals surface area contributed by atoms with Crippen LogP contribution >= 0.6 is 0 Å². The summed E-state index contributed by atoms with van der Waals surface area (Å²) in [4.78, 5) is 0. The van der Waals surface area contributed by atoms with E-state index in [9.17, 15) is 8.42 Å². The first kappa shape index (κ1) is 15.2. The minimum atomic E-state index is -3.51. The zero-order chi connectivity index (χ0) is 15.3. The van der Waals surface area contributed by atoms with E-state index in [0.717, 1.165) is 0 Å². The summed E-state index contributed by atoms with van der Waals surface area (Å²) in [6.45, 7) is 2.22. The van der Waals surface area contributed by atoms with E-state index in [1.54, 1.807) is 54.3 Å². The predicted octanol–water partition coefficient (Wildman–Crippen LogP) is 1.26. The van der Waals surface area contributed by atoms with Crippen LogP contribution in [0.2, 0.25) is 0 Å². The lowest BCUT2D eigenvalue weighted by molar-refractivity contribution is 0.493. The molecule has 0 saturated heterocycles. The monoisotopic (exact) mass is 304 g/mol. The minimum absolute atomic E-state index is 0.208. The van der Waals surface area contributed by atoms with Crippen molar-refractivity contribution in [2.24, 2.45) is 0 Å². The maximum absolute atomic E-state index is 12.2. The molecule has 0 aliphatic rings. The van der Waals surface area contributed by atoms with Crippen molar-refractivity contribution in [2.75, 3.05) is 0 Å². The number of rotatable bonds is 6. The van der Waals surface area contributed by atoms with Crippen LogP contribution in [0.1, 0.15) is 18.1 Å². The highest BCUT2D eigenvalue weighted by atomic mass is 32.2. The summed E-state index contributed by atoms with van der Waals surface area (Å²) in [6, 6.07) is 10.2. The van der Waals surface area contributed by atoms with E-state index < -0.39 is 10.0 Å². The Balaban J connectivity index is 2.03. The Morgan fingerprint density at radius 2 is 2.14 bits per heavy atom. The van der Waals surface area contributed by atoms with Crippen molar-refractivity contribution < 1.29 is 8.42 Å². The van der Waals surface area contributed by atoms with E-state index in [1.165, 1.54) is 0 Å². The smallest absolute Gasteiger partial charge is 0.216 e. The topological polar surface area (TPSA) is 87.8 Å². The fourth-order valence-electron chi connectivity index (χ4n) is 2.03. The molecule has 0 amide bonds. The molecule has 6 nitrogen and oxygen atoms in total. The normalized spacial score (nSPS) is 12.8. The zero-order valence-corrected chi connectivity index (χ0v) is 12.4. The molecule has 0 bridgehead atoms. The van der Waals surface area contributed by atoms with Crippen LogP contribution in [-0.2, 0) is 22.3 Å². The summed E-state index contributed by atoms with van der Waals surface area (Å²) in [5.74, 6) is -0.208. The molecule has 0 saturated carbocycles. The van der Waals surface area contributed by atoms with Gasteiger partial charge in [0.1, 0.15) is 0 Å². The summed E-state index contributed by atoms with van der Waals surface area (Å²) >= 11 is 0. The van der Waals surface area contributed by atoms with Crippen molar-refractivity contribution in [1.29, 1.82) is 5.26 Å². The molecule has 2 aromatic rings. The van der Waals surface area contributed by atoms with Crippen molar-refractivity contribution in [1.82, 2.24) is 14.5 Å². The molecule has 1 atom stereocenters. The van der Waals surface area contributed by atoms with Crippen LogP contribution in [0.15, 0.2) is 42.7 Å². The van der Waals surface area contributed by atoms with Crippen LogP contribution in [0.4, 0.5) is 0 Å². The number of sulfonamides is 1. The Hall–Kier alpha value is -2.17. The summed E-state index contributed by atoms with van der Waals surface area (Å²) in [6.07, 6.45) is 3.42. The van der Waals surface area contributed by atoms with Crippen LogP contribution in [0, 0.1) is 11.3 Å². The molecule has 0 fully saturated rings. The molecule has 1 heterocycles. The Labute approximate surface area is 124 Å². The Bertz CT molecular complexity index is 733. The van der Waals surface area contributed by atoms with Gasteiger partial charge in [0.05, 0.1) is 23.9 Å². The van der Waals surface area contributed by atoms with Gasteiger partial charge in [-0.2, -0.15) is 10.4 Å². The molecule has 7 heteroatoms. The van der Waals surface area contributed by atoms with E-state index in [0.29, 0.717) is 17.7 Å². The van der Waals surface area contributed by atoms with Gasteiger partial charge >= 0.3 is 0 Å². The van der Waals surface area contributed by atoms with Crippen molar-refractivity contribution in [3.05, 3.63) is 53.9 Å². The molecular formula is C14H16N4O2S. The SMILES string of the molecule is CC(Cn1cccn1)NS(=O)(=O)Cc1ccccc1C#N. The lowest BCUT2D eigenvalue weighted by Crippen LogP contribution is -2.36. The van der Waals surface area contributed by atoms with E-state index in [4.69, 9.17) is 5.26 Å². The molecule has 110 valence electrons. The average Bonchev–Trinajstić information content (AvgIpc) is 2.90. The minimum Gasteiger partial charge on any atom is -0.271 e. The second-order valence-corrected chi connectivity index (χ2v) is 6.53. The second-order valence-electron chi connectivity index (χ2n) is 4.78. The highest BCUT2D eigenvalue weighted by Crippen LogP contribution is 2.11. The lowest BCUT2D eigenvalue weighted by atomic mass is 10.1. The fraction of sp³-hybridized carbons (Fsp3) is 0.286. The summed E-state index contributed by atoms with van der Waals surface area (Å²) in [5, 5.41) is 13.0. The zero-order valence-electron chi connectivity index (χ0n) is 11.6. The van der Waals surface area contributed by atoms with Gasteiger partial charge in [-0.3, -0.25) is 4.68 Å². The largest absolute Gasteiger partial charge is 0.271 e. The van der Waals surface area contributed by atoms with Crippen LogP contribution in [0.25, 0.3) is 0 Å². The summed E-state index contributed by atoms with van der Waals surface area (Å²) in [7, 11) is -3.51. The number of aromatic nitrogens is 2. The Kier molecular flexibility index (Phi) is 4.73. The van der Waals surface area contributed by atoms with Crippen LogP contribution < -0.4 is 4.72 Å².